The molecule has 0 spiro atoms. The third-order valence-corrected chi connectivity index (χ3v) is 4.68. The van der Waals surface area contributed by atoms with Gasteiger partial charge in [0, 0.05) is 10.9 Å². The smallest absolute Gasteiger partial charge is 0.263 e. The summed E-state index contributed by atoms with van der Waals surface area (Å²) in [5.74, 6) is -0.111. The molecule has 0 bridgehead atoms. The van der Waals surface area contributed by atoms with Crippen molar-refractivity contribution in [2.24, 2.45) is 10.1 Å². The first-order valence-corrected chi connectivity index (χ1v) is 9.56. The fourth-order valence-electron chi connectivity index (χ4n) is 2.64. The Balaban J connectivity index is 1.60. The van der Waals surface area contributed by atoms with Crippen molar-refractivity contribution in [3.63, 3.8) is 0 Å². The van der Waals surface area contributed by atoms with Gasteiger partial charge in [0.2, 0.25) is 5.91 Å². The lowest BCUT2D eigenvalue weighted by Gasteiger charge is -2.21. The molecule has 1 atom stereocenters. The molecule has 1 aliphatic heterocycles. The van der Waals surface area contributed by atoms with Gasteiger partial charge in [-0.15, -0.1) is 0 Å². The topological polar surface area (TPSA) is 94.9 Å². The summed E-state index contributed by atoms with van der Waals surface area (Å²) in [5.41, 5.74) is 10.5. The van der Waals surface area contributed by atoms with Crippen molar-refractivity contribution in [1.29, 1.82) is 0 Å². The molecule has 3 rings (SSSR count). The van der Waals surface area contributed by atoms with Gasteiger partial charge in [-0.1, -0.05) is 58.4 Å². The molecule has 144 valence electrons. The second kappa shape index (κ2) is 9.27. The van der Waals surface area contributed by atoms with Crippen LogP contribution in [0.2, 0.25) is 0 Å². The van der Waals surface area contributed by atoms with Crippen molar-refractivity contribution in [3.8, 4) is 0 Å². The van der Waals surface area contributed by atoms with E-state index in [1.807, 2.05) is 54.6 Å². The molecular formula is C20H20BrN5O2. The van der Waals surface area contributed by atoms with E-state index >= 15 is 0 Å². The molecule has 28 heavy (non-hydrogen) atoms. The van der Waals surface area contributed by atoms with Crippen LogP contribution in [0, 0.1) is 0 Å². The maximum absolute atomic E-state index is 12.2. The van der Waals surface area contributed by atoms with Crippen LogP contribution in [0.4, 0.5) is 0 Å². The number of hydrazone groups is 1. The van der Waals surface area contributed by atoms with Gasteiger partial charge in [-0.05, 0) is 30.2 Å². The molecule has 2 amide bonds. The van der Waals surface area contributed by atoms with Gasteiger partial charge in [0.05, 0.1) is 12.1 Å². The van der Waals surface area contributed by atoms with Gasteiger partial charge >= 0.3 is 0 Å². The molecule has 3 N–H and O–H groups in total. The van der Waals surface area contributed by atoms with E-state index in [0.29, 0.717) is 18.0 Å². The Morgan fingerprint density at radius 2 is 1.86 bits per heavy atom. The highest BCUT2D eigenvalue weighted by molar-refractivity contribution is 9.10. The van der Waals surface area contributed by atoms with E-state index in [-0.39, 0.29) is 18.2 Å². The summed E-state index contributed by atoms with van der Waals surface area (Å²) in [5, 5.41) is 4.11. The van der Waals surface area contributed by atoms with Gasteiger partial charge in [-0.25, -0.2) is 5.43 Å². The Hall–Kier alpha value is -3.00. The minimum absolute atomic E-state index is 0.0804. The number of nitrogens with one attached hydrogen (secondary N) is 3. The van der Waals surface area contributed by atoms with Crippen LogP contribution in [-0.4, -0.2) is 29.4 Å². The van der Waals surface area contributed by atoms with E-state index in [0.717, 1.165) is 15.6 Å². The third kappa shape index (κ3) is 5.50. The number of amides is 2. The molecule has 1 heterocycles. The average molecular weight is 442 g/mol. The minimum atomic E-state index is -0.789. The summed E-state index contributed by atoms with van der Waals surface area (Å²) < 4.78 is 0.967. The molecule has 0 radical (unpaired) electrons. The Morgan fingerprint density at radius 1 is 1.14 bits per heavy atom. The molecule has 0 aromatic heterocycles. The lowest BCUT2D eigenvalue weighted by molar-refractivity contribution is -0.128. The molecule has 7 nitrogen and oxygen atoms in total. The number of carbonyl (C=O) groups excluding carboxylic acids is 2. The largest absolute Gasteiger partial charge is 0.285 e. The van der Waals surface area contributed by atoms with Gasteiger partial charge in [0.25, 0.3) is 5.91 Å². The summed E-state index contributed by atoms with van der Waals surface area (Å²) in [4.78, 5) is 28.6. The molecule has 0 saturated carbocycles. The second-order valence-corrected chi connectivity index (χ2v) is 7.23. The summed E-state index contributed by atoms with van der Waals surface area (Å²) in [6, 6.07) is 16.6. The first-order valence-electron chi connectivity index (χ1n) is 8.77. The Labute approximate surface area is 171 Å². The number of hydrogen-bond acceptors (Lipinski definition) is 5. The van der Waals surface area contributed by atoms with Gasteiger partial charge in [-0.3, -0.25) is 25.4 Å². The van der Waals surface area contributed by atoms with Crippen LogP contribution < -0.4 is 16.3 Å². The Kier molecular flexibility index (Phi) is 6.54. The van der Waals surface area contributed by atoms with Crippen LogP contribution in [0.1, 0.15) is 24.5 Å². The summed E-state index contributed by atoms with van der Waals surface area (Å²) in [6.45, 7) is 1.80. The monoisotopic (exact) mass is 441 g/mol. The van der Waals surface area contributed by atoms with Crippen molar-refractivity contribution in [2.75, 3.05) is 0 Å². The highest BCUT2D eigenvalue weighted by Crippen LogP contribution is 2.11. The molecule has 0 saturated heterocycles. The van der Waals surface area contributed by atoms with Crippen LogP contribution in [0.5, 0.6) is 0 Å². The first kappa shape index (κ1) is 19.8. The number of rotatable bonds is 6. The van der Waals surface area contributed by atoms with Crippen LogP contribution in [-0.2, 0) is 16.0 Å². The van der Waals surface area contributed by atoms with Gasteiger partial charge < -0.3 is 0 Å². The van der Waals surface area contributed by atoms with Crippen LogP contribution in [0.25, 0.3) is 0 Å². The molecule has 2 aromatic carbocycles. The van der Waals surface area contributed by atoms with Gasteiger partial charge in [-0.2, -0.15) is 5.10 Å². The summed E-state index contributed by atoms with van der Waals surface area (Å²) in [7, 11) is 0. The normalized spacial score (nSPS) is 16.6. The van der Waals surface area contributed by atoms with Crippen LogP contribution >= 0.6 is 15.9 Å². The van der Waals surface area contributed by atoms with E-state index in [4.69, 9.17) is 0 Å². The molecular weight excluding hydrogens is 422 g/mol. The molecule has 0 unspecified atom stereocenters. The minimum Gasteiger partial charge on any atom is -0.285 e. The van der Waals surface area contributed by atoms with Crippen LogP contribution in [0.3, 0.4) is 0 Å². The zero-order chi connectivity index (χ0) is 19.9. The molecule has 8 heteroatoms. The van der Waals surface area contributed by atoms with E-state index in [9.17, 15) is 9.59 Å². The lowest BCUT2D eigenvalue weighted by Crippen LogP contribution is -2.52. The van der Waals surface area contributed by atoms with Crippen molar-refractivity contribution < 1.29 is 9.59 Å². The highest BCUT2D eigenvalue weighted by Gasteiger charge is 2.25. The van der Waals surface area contributed by atoms with Crippen molar-refractivity contribution in [1.82, 2.24) is 16.3 Å². The highest BCUT2D eigenvalue weighted by atomic mass is 79.9. The van der Waals surface area contributed by atoms with Crippen molar-refractivity contribution in [2.45, 2.75) is 25.8 Å². The fraction of sp³-hybridized carbons (Fsp3) is 0.200. The van der Waals surface area contributed by atoms with E-state index < -0.39 is 6.04 Å². The molecule has 2 aromatic rings. The number of hydrogen-bond donors (Lipinski definition) is 3. The summed E-state index contributed by atoms with van der Waals surface area (Å²) >= 11 is 3.38. The molecule has 1 aliphatic rings. The van der Waals surface area contributed by atoms with E-state index in [1.165, 1.54) is 0 Å². The number of halogens is 1. The number of amidine groups is 1. The quantitative estimate of drug-likeness (QED) is 0.474. The predicted octanol–water partition coefficient (Wildman–Crippen LogP) is 2.32. The molecule has 0 aliphatic carbocycles. The standard InChI is InChI=1S/C20H20BrN5O2/c1-13(15-7-9-16(21)10-8-15)23-25-19(27)12-17-20(28)26-24-18(22-17)11-14-5-3-2-4-6-14/h2-10,17H,11-12H2,1H3,(H,22,24)(H,25,27)(H,26,28)/b23-13-/t17-/m0/s1. The maximum atomic E-state index is 12.2. The third-order valence-electron chi connectivity index (χ3n) is 4.15. The predicted molar refractivity (Wildman–Crippen MR) is 112 cm³/mol. The van der Waals surface area contributed by atoms with Crippen molar-refractivity contribution >= 4 is 39.3 Å². The number of benzene rings is 2. The zero-order valence-corrected chi connectivity index (χ0v) is 16.9. The average Bonchev–Trinajstić information content (AvgIpc) is 2.70. The maximum Gasteiger partial charge on any atom is 0.263 e. The van der Waals surface area contributed by atoms with Crippen LogP contribution in [0.15, 0.2) is 69.2 Å². The molecule has 0 fully saturated rings. The number of nitrogens with zero attached hydrogens (tertiary/aromatic N) is 2. The van der Waals surface area contributed by atoms with Crippen molar-refractivity contribution in [3.05, 3.63) is 70.2 Å². The van der Waals surface area contributed by atoms with E-state index in [1.54, 1.807) is 6.92 Å². The Morgan fingerprint density at radius 3 is 2.57 bits per heavy atom. The van der Waals surface area contributed by atoms with Gasteiger partial charge in [0.1, 0.15) is 11.9 Å². The first-order chi connectivity index (χ1) is 13.5. The fourth-order valence-corrected chi connectivity index (χ4v) is 2.90. The number of aliphatic imine (C=N–C) groups is 1. The zero-order valence-electron chi connectivity index (χ0n) is 15.3. The number of hydrazine groups is 1. The summed E-state index contributed by atoms with van der Waals surface area (Å²) in [6.07, 6.45) is 0.461. The van der Waals surface area contributed by atoms with E-state index in [2.05, 4.69) is 42.3 Å². The number of carbonyl (C=O) groups is 2. The second-order valence-electron chi connectivity index (χ2n) is 6.31. The Bertz CT molecular complexity index is 910. The SMILES string of the molecule is C/C(=N/NC(=O)C[C@@H]1N=C(Cc2ccccc2)NNC1=O)c1ccc(Br)cc1. The van der Waals surface area contributed by atoms with Gasteiger partial charge in [0.15, 0.2) is 0 Å². The lowest BCUT2D eigenvalue weighted by atomic mass is 10.1.